The summed E-state index contributed by atoms with van der Waals surface area (Å²) in [5, 5.41) is 17.6. The maximum Gasteiger partial charge on any atom is 0.489 e. The first-order valence-electron chi connectivity index (χ1n) is 3.00. The van der Waals surface area contributed by atoms with Crippen molar-refractivity contribution in [1.29, 1.82) is 0 Å². The van der Waals surface area contributed by atoms with Crippen LogP contribution in [0, 0.1) is 0 Å². The van der Waals surface area contributed by atoms with Crippen LogP contribution in [0.5, 0.6) is 0 Å². The van der Waals surface area contributed by atoms with Gasteiger partial charge in [-0.25, -0.2) is 0 Å². The average Bonchev–Trinajstić information content (AvgIpc) is 1.94. The van der Waals surface area contributed by atoms with Crippen molar-refractivity contribution in [1.82, 2.24) is 0 Å². The molecule has 2 nitrogen and oxygen atoms in total. The lowest BCUT2D eigenvalue weighted by Crippen LogP contribution is -2.31. The highest BCUT2D eigenvalue weighted by molar-refractivity contribution is 7.83. The van der Waals surface area contributed by atoms with Crippen molar-refractivity contribution in [2.75, 3.05) is 0 Å². The van der Waals surface area contributed by atoms with Gasteiger partial charge in [-0.05, 0) is 11.5 Å². The molecule has 0 bridgehead atoms. The van der Waals surface area contributed by atoms with Gasteiger partial charge in [-0.2, -0.15) is 0 Å². The van der Waals surface area contributed by atoms with Crippen molar-refractivity contribution >= 4 is 37.8 Å². The SMILES string of the molecule is OB(O)c1cccc(S)c1S. The third-order valence-electron chi connectivity index (χ3n) is 1.32. The second-order valence-corrected chi connectivity index (χ2v) is 3.02. The van der Waals surface area contributed by atoms with Gasteiger partial charge in [-0.3, -0.25) is 0 Å². The predicted octanol–water partition coefficient (Wildman–Crippen LogP) is -0.0562. The monoisotopic (exact) mass is 186 g/mol. The van der Waals surface area contributed by atoms with E-state index in [4.69, 9.17) is 10.0 Å². The zero-order chi connectivity index (χ0) is 8.43. The topological polar surface area (TPSA) is 40.5 Å². The molecule has 0 aliphatic rings. The van der Waals surface area contributed by atoms with E-state index >= 15 is 0 Å². The van der Waals surface area contributed by atoms with Gasteiger partial charge in [0.2, 0.25) is 0 Å². The molecule has 0 amide bonds. The highest BCUT2D eigenvalue weighted by Gasteiger charge is 2.14. The lowest BCUT2D eigenvalue weighted by atomic mass is 9.80. The summed E-state index contributed by atoms with van der Waals surface area (Å²) >= 11 is 8.12. The molecular weight excluding hydrogens is 179 g/mol. The Bertz CT molecular complexity index is 265. The number of hydrogen-bond acceptors (Lipinski definition) is 4. The Morgan fingerprint density at radius 1 is 1.18 bits per heavy atom. The lowest BCUT2D eigenvalue weighted by Gasteiger charge is -2.04. The summed E-state index contributed by atoms with van der Waals surface area (Å²) in [7, 11) is -1.48. The van der Waals surface area contributed by atoms with Crippen molar-refractivity contribution in [2.24, 2.45) is 0 Å². The highest BCUT2D eigenvalue weighted by Crippen LogP contribution is 2.14. The second kappa shape index (κ2) is 3.54. The largest absolute Gasteiger partial charge is 0.489 e. The predicted molar refractivity (Wildman–Crippen MR) is 50.8 cm³/mol. The van der Waals surface area contributed by atoms with E-state index in [-0.39, 0.29) is 0 Å². The van der Waals surface area contributed by atoms with E-state index < -0.39 is 7.12 Å². The van der Waals surface area contributed by atoms with Gasteiger partial charge in [0.15, 0.2) is 0 Å². The maximum absolute atomic E-state index is 8.80. The van der Waals surface area contributed by atoms with E-state index in [0.717, 1.165) is 0 Å². The van der Waals surface area contributed by atoms with Crippen LogP contribution in [0.25, 0.3) is 0 Å². The maximum atomic E-state index is 8.80. The molecule has 0 aromatic heterocycles. The molecule has 58 valence electrons. The third-order valence-corrected chi connectivity index (χ3v) is 2.37. The molecule has 2 N–H and O–H groups in total. The van der Waals surface area contributed by atoms with Crippen molar-refractivity contribution in [3.05, 3.63) is 18.2 Å². The van der Waals surface area contributed by atoms with E-state index in [1.165, 1.54) is 0 Å². The molecule has 0 fully saturated rings. The first-order chi connectivity index (χ1) is 5.13. The quantitative estimate of drug-likeness (QED) is 0.366. The Hall–Kier alpha value is -0.0951. The van der Waals surface area contributed by atoms with Crippen LogP contribution in [0.3, 0.4) is 0 Å². The van der Waals surface area contributed by atoms with Gasteiger partial charge >= 0.3 is 7.12 Å². The van der Waals surface area contributed by atoms with Crippen LogP contribution in [0.4, 0.5) is 0 Å². The van der Waals surface area contributed by atoms with Crippen LogP contribution in [0.2, 0.25) is 0 Å². The summed E-state index contributed by atoms with van der Waals surface area (Å²) < 4.78 is 0. The molecule has 0 unspecified atom stereocenters. The highest BCUT2D eigenvalue weighted by atomic mass is 32.1. The molecule has 1 aromatic rings. The second-order valence-electron chi connectivity index (χ2n) is 2.09. The Morgan fingerprint density at radius 2 is 1.82 bits per heavy atom. The summed E-state index contributed by atoms with van der Waals surface area (Å²) in [5.41, 5.74) is 0.376. The molecule has 0 saturated carbocycles. The van der Waals surface area contributed by atoms with Crippen molar-refractivity contribution in [3.8, 4) is 0 Å². The average molecular weight is 186 g/mol. The van der Waals surface area contributed by atoms with Crippen molar-refractivity contribution in [3.63, 3.8) is 0 Å². The smallest absolute Gasteiger partial charge is 0.423 e. The standard InChI is InChI=1S/C6H7BO2S2/c8-7(9)4-2-1-3-5(10)6(4)11/h1-3,8-11H. The fraction of sp³-hybridized carbons (Fsp3) is 0. The molecule has 11 heavy (non-hydrogen) atoms. The van der Waals surface area contributed by atoms with Gasteiger partial charge in [-0.1, -0.05) is 12.1 Å². The van der Waals surface area contributed by atoms with E-state index in [2.05, 4.69) is 25.3 Å². The van der Waals surface area contributed by atoms with Gasteiger partial charge in [-0.15, -0.1) is 25.3 Å². The molecule has 0 aliphatic heterocycles. The Kier molecular flexibility index (Phi) is 2.89. The summed E-state index contributed by atoms with van der Waals surface area (Å²) in [6.45, 7) is 0. The fourth-order valence-corrected chi connectivity index (χ4v) is 1.24. The molecular formula is C6H7BO2S2. The summed E-state index contributed by atoms with van der Waals surface area (Å²) in [6, 6.07) is 5.01. The first-order valence-corrected chi connectivity index (χ1v) is 3.89. The molecule has 1 aromatic carbocycles. The molecule has 0 heterocycles. The van der Waals surface area contributed by atoms with Gasteiger partial charge in [0.25, 0.3) is 0 Å². The van der Waals surface area contributed by atoms with E-state index in [0.29, 0.717) is 15.3 Å². The zero-order valence-corrected chi connectivity index (χ0v) is 7.39. The van der Waals surface area contributed by atoms with Crippen LogP contribution in [-0.2, 0) is 0 Å². The van der Waals surface area contributed by atoms with Crippen LogP contribution in [-0.4, -0.2) is 17.2 Å². The van der Waals surface area contributed by atoms with Gasteiger partial charge in [0, 0.05) is 9.79 Å². The van der Waals surface area contributed by atoms with Crippen LogP contribution >= 0.6 is 25.3 Å². The Labute approximate surface area is 76.2 Å². The van der Waals surface area contributed by atoms with E-state index in [1.54, 1.807) is 18.2 Å². The van der Waals surface area contributed by atoms with E-state index in [9.17, 15) is 0 Å². The molecule has 0 atom stereocenters. The molecule has 0 radical (unpaired) electrons. The zero-order valence-electron chi connectivity index (χ0n) is 5.60. The van der Waals surface area contributed by atoms with Crippen molar-refractivity contribution < 1.29 is 10.0 Å². The number of rotatable bonds is 1. The minimum atomic E-state index is -1.48. The van der Waals surface area contributed by atoms with Crippen LogP contribution in [0.15, 0.2) is 28.0 Å². The lowest BCUT2D eigenvalue weighted by molar-refractivity contribution is 0.424. The van der Waals surface area contributed by atoms with Crippen LogP contribution in [0.1, 0.15) is 0 Å². The fourth-order valence-electron chi connectivity index (χ4n) is 0.757. The minimum Gasteiger partial charge on any atom is -0.423 e. The summed E-state index contributed by atoms with van der Waals surface area (Å²) in [4.78, 5) is 1.14. The van der Waals surface area contributed by atoms with Gasteiger partial charge in [0.1, 0.15) is 0 Å². The normalized spacial score (nSPS) is 9.82. The number of hydrogen-bond donors (Lipinski definition) is 4. The van der Waals surface area contributed by atoms with Gasteiger partial charge < -0.3 is 10.0 Å². The molecule has 0 spiro atoms. The van der Waals surface area contributed by atoms with Gasteiger partial charge in [0.05, 0.1) is 0 Å². The third kappa shape index (κ3) is 1.93. The number of thiol groups is 2. The molecule has 0 saturated heterocycles. The molecule has 0 aliphatic carbocycles. The molecule has 5 heteroatoms. The van der Waals surface area contributed by atoms with E-state index in [1.807, 2.05) is 0 Å². The Balaban J connectivity index is 3.17. The first kappa shape index (κ1) is 9.00. The van der Waals surface area contributed by atoms with Crippen molar-refractivity contribution in [2.45, 2.75) is 9.79 Å². The summed E-state index contributed by atoms with van der Waals surface area (Å²) in [5.74, 6) is 0. The van der Waals surface area contributed by atoms with Crippen LogP contribution < -0.4 is 5.46 Å². The minimum absolute atomic E-state index is 0.376. The Morgan fingerprint density at radius 3 is 2.27 bits per heavy atom. The summed E-state index contributed by atoms with van der Waals surface area (Å²) in [6.07, 6.45) is 0. The number of benzene rings is 1. The molecule has 1 rings (SSSR count).